The van der Waals surface area contributed by atoms with Crippen molar-refractivity contribution in [2.24, 2.45) is 5.41 Å². The Hall–Kier alpha value is -1.86. The third-order valence-corrected chi connectivity index (χ3v) is 8.13. The highest BCUT2D eigenvalue weighted by atomic mass is 79.9. The lowest BCUT2D eigenvalue weighted by atomic mass is 9.72. The van der Waals surface area contributed by atoms with Crippen LogP contribution in [0.4, 0.5) is 0 Å². The highest BCUT2D eigenvalue weighted by molar-refractivity contribution is 9.09. The quantitative estimate of drug-likeness (QED) is 0.0892. The van der Waals surface area contributed by atoms with Crippen molar-refractivity contribution in [3.05, 3.63) is 95.6 Å². The molecule has 0 bridgehead atoms. The Kier molecular flexibility index (Phi) is 15.8. The maximum absolute atomic E-state index is 6.08. The molecule has 0 N–H and O–H groups in total. The van der Waals surface area contributed by atoms with Crippen LogP contribution in [0.25, 0.3) is 0 Å². The van der Waals surface area contributed by atoms with Gasteiger partial charge in [0.2, 0.25) is 0 Å². The van der Waals surface area contributed by atoms with Gasteiger partial charge in [-0.2, -0.15) is 0 Å². The summed E-state index contributed by atoms with van der Waals surface area (Å²) in [6, 6.07) is 27.9. The van der Waals surface area contributed by atoms with Crippen LogP contribution in [0.5, 0.6) is 11.5 Å². The SMILES string of the molecule is CC(C)(C)CC(C)(C)c1ccc(OCCOCC[N+](C)(Cc2ccccc2)Cc2ccc(OCCCCBr)cc2)cc1.[Br-]. The van der Waals surface area contributed by atoms with Crippen LogP contribution in [-0.4, -0.2) is 49.8 Å². The number of alkyl halides is 1. The zero-order chi connectivity index (χ0) is 30.5. The van der Waals surface area contributed by atoms with Crippen molar-refractivity contribution >= 4 is 15.9 Å². The number of nitrogens with zero attached hydrogens (tertiary/aromatic N) is 1. The lowest BCUT2D eigenvalue weighted by Gasteiger charge is -2.35. The summed E-state index contributed by atoms with van der Waals surface area (Å²) in [7, 11) is 2.32. The van der Waals surface area contributed by atoms with E-state index < -0.39 is 0 Å². The van der Waals surface area contributed by atoms with E-state index in [0.29, 0.717) is 19.8 Å². The first kappa shape index (κ1) is 37.3. The van der Waals surface area contributed by atoms with E-state index in [-0.39, 0.29) is 27.8 Å². The van der Waals surface area contributed by atoms with E-state index in [0.717, 1.165) is 66.8 Å². The van der Waals surface area contributed by atoms with Crippen LogP contribution < -0.4 is 26.5 Å². The maximum Gasteiger partial charge on any atom is 0.119 e. The summed E-state index contributed by atoms with van der Waals surface area (Å²) in [5.74, 6) is 1.84. The number of quaternary nitrogens is 1. The monoisotopic (exact) mass is 717 g/mol. The number of benzene rings is 3. The average Bonchev–Trinajstić information content (AvgIpc) is 2.93. The molecule has 6 heteroatoms. The van der Waals surface area contributed by atoms with Crippen molar-refractivity contribution < 1.29 is 35.7 Å². The Balaban J connectivity index is 0.00000645. The van der Waals surface area contributed by atoms with Gasteiger partial charge < -0.3 is 35.7 Å². The molecule has 0 fully saturated rings. The molecule has 3 rings (SSSR count). The molecule has 0 aromatic heterocycles. The minimum absolute atomic E-state index is 0. The van der Waals surface area contributed by atoms with Gasteiger partial charge in [-0.25, -0.2) is 0 Å². The van der Waals surface area contributed by atoms with E-state index in [1.54, 1.807) is 0 Å². The van der Waals surface area contributed by atoms with Crippen molar-refractivity contribution in [2.45, 2.75) is 72.4 Å². The molecule has 0 heterocycles. The molecule has 3 aromatic carbocycles. The smallest absolute Gasteiger partial charge is 0.119 e. The van der Waals surface area contributed by atoms with Gasteiger partial charge in [0, 0.05) is 16.5 Å². The maximum atomic E-state index is 6.08. The van der Waals surface area contributed by atoms with E-state index in [4.69, 9.17) is 14.2 Å². The molecule has 0 radical (unpaired) electrons. The number of rotatable bonds is 18. The first-order valence-electron chi connectivity index (χ1n) is 15.4. The van der Waals surface area contributed by atoms with Crippen LogP contribution in [0.15, 0.2) is 78.9 Å². The lowest BCUT2D eigenvalue weighted by molar-refractivity contribution is -0.935. The predicted octanol–water partition coefficient (Wildman–Crippen LogP) is 6.20. The highest BCUT2D eigenvalue weighted by Gasteiger charge is 2.27. The number of ether oxygens (including phenoxy) is 3. The summed E-state index contributed by atoms with van der Waals surface area (Å²) in [4.78, 5) is 0. The topological polar surface area (TPSA) is 27.7 Å². The molecule has 0 saturated heterocycles. The molecule has 0 aliphatic heterocycles. The average molecular weight is 720 g/mol. The molecule has 0 amide bonds. The molecule has 4 nitrogen and oxygen atoms in total. The van der Waals surface area contributed by atoms with E-state index in [9.17, 15) is 0 Å². The van der Waals surface area contributed by atoms with Crippen molar-refractivity contribution in [3.63, 3.8) is 0 Å². The minimum atomic E-state index is 0. The van der Waals surface area contributed by atoms with Gasteiger partial charge >= 0.3 is 0 Å². The van der Waals surface area contributed by atoms with Crippen LogP contribution in [0, 0.1) is 5.41 Å². The number of likely N-dealkylation sites (N-methyl/N-ethyl adjacent to an activating group) is 1. The summed E-state index contributed by atoms with van der Waals surface area (Å²) in [6.07, 6.45) is 3.32. The third-order valence-electron chi connectivity index (χ3n) is 7.57. The second kappa shape index (κ2) is 18.2. The largest absolute Gasteiger partial charge is 1.00 e. The van der Waals surface area contributed by atoms with Gasteiger partial charge in [-0.05, 0) is 72.1 Å². The number of unbranched alkanes of at least 4 members (excludes halogenated alkanes) is 1. The number of hydrogen-bond donors (Lipinski definition) is 0. The predicted molar refractivity (Wildman–Crippen MR) is 180 cm³/mol. The van der Waals surface area contributed by atoms with Gasteiger partial charge in [0.1, 0.15) is 37.7 Å². The summed E-state index contributed by atoms with van der Waals surface area (Å²) in [5, 5.41) is 1.02. The van der Waals surface area contributed by atoms with Crippen molar-refractivity contribution in [1.82, 2.24) is 0 Å². The van der Waals surface area contributed by atoms with Gasteiger partial charge in [-0.1, -0.05) is 93.0 Å². The fraction of sp³-hybridized carbons (Fsp3) is 0.514. The molecule has 1 unspecified atom stereocenters. The van der Waals surface area contributed by atoms with E-state index in [1.807, 2.05) is 0 Å². The summed E-state index contributed by atoms with van der Waals surface area (Å²) in [5.41, 5.74) is 4.41. The Morgan fingerprint density at radius 3 is 1.79 bits per heavy atom. The van der Waals surface area contributed by atoms with Crippen LogP contribution in [-0.2, 0) is 23.2 Å². The molecular weight excluding hydrogens is 666 g/mol. The normalized spacial score (nSPS) is 13.2. The number of halogens is 2. The standard InChI is InChI=1S/C37H53BrNO3.BrH/c1-36(2,3)30-37(4,5)33-16-20-35(21-17-33)42-27-26-40-25-23-39(6,28-31-12-8-7-9-13-31)29-32-14-18-34(19-15-32)41-24-11-10-22-38;/h7-9,12-21H,10-11,22-30H2,1-6H3;1H/q+1;/p-1. The highest BCUT2D eigenvalue weighted by Crippen LogP contribution is 2.36. The van der Waals surface area contributed by atoms with Crippen LogP contribution in [0.1, 0.15) is 70.6 Å². The molecule has 0 aliphatic rings. The Morgan fingerprint density at radius 2 is 1.21 bits per heavy atom. The fourth-order valence-corrected chi connectivity index (χ4v) is 6.19. The third kappa shape index (κ3) is 14.2. The zero-order valence-electron chi connectivity index (χ0n) is 27.2. The van der Waals surface area contributed by atoms with Gasteiger partial charge in [0.05, 0.1) is 26.9 Å². The van der Waals surface area contributed by atoms with Crippen molar-refractivity contribution in [3.8, 4) is 11.5 Å². The summed E-state index contributed by atoms with van der Waals surface area (Å²) in [6.45, 7) is 16.9. The summed E-state index contributed by atoms with van der Waals surface area (Å²) >= 11 is 3.48. The first-order valence-corrected chi connectivity index (χ1v) is 16.6. The Morgan fingerprint density at radius 1 is 0.651 bits per heavy atom. The van der Waals surface area contributed by atoms with Gasteiger partial charge in [0.25, 0.3) is 0 Å². The second-order valence-electron chi connectivity index (χ2n) is 13.6. The molecule has 0 aliphatic carbocycles. The minimum Gasteiger partial charge on any atom is -1.00 e. The second-order valence-corrected chi connectivity index (χ2v) is 14.4. The molecule has 43 heavy (non-hydrogen) atoms. The molecular formula is C37H53Br2NO3. The summed E-state index contributed by atoms with van der Waals surface area (Å²) < 4.78 is 18.9. The molecule has 0 spiro atoms. The van der Waals surface area contributed by atoms with E-state index in [2.05, 4.69) is 136 Å². The first-order chi connectivity index (χ1) is 20.0. The fourth-order valence-electron chi connectivity index (χ4n) is 5.79. The number of hydrogen-bond acceptors (Lipinski definition) is 3. The van der Waals surface area contributed by atoms with E-state index in [1.165, 1.54) is 16.7 Å². The Bertz CT molecular complexity index is 1160. The van der Waals surface area contributed by atoms with Crippen molar-refractivity contribution in [1.29, 1.82) is 0 Å². The lowest BCUT2D eigenvalue weighted by Crippen LogP contribution is -3.00. The van der Waals surface area contributed by atoms with Crippen LogP contribution in [0.3, 0.4) is 0 Å². The molecule has 238 valence electrons. The van der Waals surface area contributed by atoms with Gasteiger partial charge in [-0.15, -0.1) is 0 Å². The molecule has 1 atom stereocenters. The Labute approximate surface area is 280 Å². The zero-order valence-corrected chi connectivity index (χ0v) is 30.4. The van der Waals surface area contributed by atoms with Crippen LogP contribution in [0.2, 0.25) is 0 Å². The van der Waals surface area contributed by atoms with Gasteiger partial charge in [0.15, 0.2) is 0 Å². The van der Waals surface area contributed by atoms with Crippen LogP contribution >= 0.6 is 15.9 Å². The molecule has 0 saturated carbocycles. The van der Waals surface area contributed by atoms with Gasteiger partial charge in [-0.3, -0.25) is 0 Å². The molecule has 3 aromatic rings. The van der Waals surface area contributed by atoms with E-state index >= 15 is 0 Å². The van der Waals surface area contributed by atoms with Crippen molar-refractivity contribution in [2.75, 3.05) is 45.4 Å².